The van der Waals surface area contributed by atoms with Crippen LogP contribution in [0.4, 0.5) is 0 Å². The van der Waals surface area contributed by atoms with Gasteiger partial charge in [0.1, 0.15) is 11.4 Å². The summed E-state index contributed by atoms with van der Waals surface area (Å²) in [5, 5.41) is 0. The molecule has 3 heterocycles. The fourth-order valence-electron chi connectivity index (χ4n) is 3.75. The van der Waals surface area contributed by atoms with Gasteiger partial charge in [0.05, 0.1) is 20.3 Å². The summed E-state index contributed by atoms with van der Waals surface area (Å²) in [5.74, 6) is 2.46. The van der Waals surface area contributed by atoms with Gasteiger partial charge in [0.25, 0.3) is 5.91 Å². The lowest BCUT2D eigenvalue weighted by atomic mass is 10.2. The lowest BCUT2D eigenvalue weighted by molar-refractivity contribution is 0.0783. The topological polar surface area (TPSA) is 69.5 Å². The van der Waals surface area contributed by atoms with Gasteiger partial charge in [-0.3, -0.25) is 4.79 Å². The van der Waals surface area contributed by atoms with Gasteiger partial charge >= 0.3 is 0 Å². The molecule has 7 heteroatoms. The average molecular weight is 356 g/mol. The van der Waals surface area contributed by atoms with Gasteiger partial charge in [-0.15, -0.1) is 0 Å². The lowest BCUT2D eigenvalue weighted by Crippen LogP contribution is -2.30. The second-order valence-corrected chi connectivity index (χ2v) is 7.01. The smallest absolute Gasteiger partial charge is 0.259 e. The molecule has 0 bridgehead atoms. The standard InChI is InChI=1S/C19H24N4O3/c1-12-10-20-17(13-4-5-13)23(12)14-8-9-22(11-14)19(24)15-6-7-16(25-2)21-18(15)26-3/h6-7,10,13-14H,4-5,8-9,11H2,1-3H3. The molecule has 26 heavy (non-hydrogen) atoms. The van der Waals surface area contributed by atoms with E-state index in [2.05, 4.69) is 21.5 Å². The van der Waals surface area contributed by atoms with Gasteiger partial charge in [0.15, 0.2) is 0 Å². The van der Waals surface area contributed by atoms with E-state index in [1.165, 1.54) is 31.5 Å². The highest BCUT2D eigenvalue weighted by Gasteiger charge is 2.35. The van der Waals surface area contributed by atoms with E-state index in [1.54, 1.807) is 19.2 Å². The molecule has 138 valence electrons. The van der Waals surface area contributed by atoms with Crippen LogP contribution in [0, 0.1) is 6.92 Å². The Morgan fingerprint density at radius 2 is 2.00 bits per heavy atom. The number of hydrogen-bond acceptors (Lipinski definition) is 5. The van der Waals surface area contributed by atoms with E-state index in [9.17, 15) is 4.79 Å². The van der Waals surface area contributed by atoms with Crippen LogP contribution in [0.15, 0.2) is 18.3 Å². The Bertz CT molecular complexity index is 828. The van der Waals surface area contributed by atoms with Crippen LogP contribution in [0.3, 0.4) is 0 Å². The van der Waals surface area contributed by atoms with Gasteiger partial charge in [-0.25, -0.2) is 4.98 Å². The van der Waals surface area contributed by atoms with Crippen LogP contribution in [0.1, 0.15) is 53.1 Å². The fraction of sp³-hybridized carbons (Fsp3) is 0.526. The Labute approximate surface area is 152 Å². The molecule has 7 nitrogen and oxygen atoms in total. The molecule has 0 spiro atoms. The third-order valence-electron chi connectivity index (χ3n) is 5.24. The second kappa shape index (κ2) is 6.63. The lowest BCUT2D eigenvalue weighted by Gasteiger charge is -2.20. The van der Waals surface area contributed by atoms with Crippen molar-refractivity contribution in [2.45, 2.75) is 38.1 Å². The second-order valence-electron chi connectivity index (χ2n) is 7.01. The molecule has 2 aromatic rings. The Balaban J connectivity index is 1.54. The molecular weight excluding hydrogens is 332 g/mol. The van der Waals surface area contributed by atoms with Crippen molar-refractivity contribution in [1.82, 2.24) is 19.4 Å². The number of ether oxygens (including phenoxy) is 2. The minimum Gasteiger partial charge on any atom is -0.481 e. The first-order chi connectivity index (χ1) is 12.6. The molecule has 1 unspecified atom stereocenters. The van der Waals surface area contributed by atoms with Crippen LogP contribution >= 0.6 is 0 Å². The van der Waals surface area contributed by atoms with Gasteiger partial charge < -0.3 is 18.9 Å². The summed E-state index contributed by atoms with van der Waals surface area (Å²) in [6.07, 6.45) is 5.34. The summed E-state index contributed by atoms with van der Waals surface area (Å²) in [5.41, 5.74) is 1.65. The molecule has 2 aromatic heterocycles. The van der Waals surface area contributed by atoms with Crippen LogP contribution in [-0.4, -0.2) is 52.7 Å². The molecule has 4 rings (SSSR count). The minimum absolute atomic E-state index is 0.0507. The number of aromatic nitrogens is 3. The first kappa shape index (κ1) is 16.9. The first-order valence-corrected chi connectivity index (χ1v) is 9.04. The summed E-state index contributed by atoms with van der Waals surface area (Å²) in [7, 11) is 3.06. The minimum atomic E-state index is -0.0507. The third-order valence-corrected chi connectivity index (χ3v) is 5.24. The molecule has 1 aliphatic heterocycles. The van der Waals surface area contributed by atoms with Crippen molar-refractivity contribution < 1.29 is 14.3 Å². The Hall–Kier alpha value is -2.57. The molecule has 1 saturated carbocycles. The number of methoxy groups -OCH3 is 2. The van der Waals surface area contributed by atoms with Gasteiger partial charge in [0, 0.05) is 37.0 Å². The maximum absolute atomic E-state index is 13.0. The predicted molar refractivity (Wildman–Crippen MR) is 95.8 cm³/mol. The van der Waals surface area contributed by atoms with Crippen LogP contribution in [-0.2, 0) is 0 Å². The number of aryl methyl sites for hydroxylation is 1. The van der Waals surface area contributed by atoms with Gasteiger partial charge in [-0.2, -0.15) is 4.98 Å². The van der Waals surface area contributed by atoms with E-state index in [4.69, 9.17) is 9.47 Å². The maximum atomic E-state index is 13.0. The Kier molecular flexibility index (Phi) is 4.30. The van der Waals surface area contributed by atoms with E-state index >= 15 is 0 Å². The quantitative estimate of drug-likeness (QED) is 0.823. The normalized spacial score (nSPS) is 19.7. The van der Waals surface area contributed by atoms with E-state index < -0.39 is 0 Å². The molecule has 1 amide bonds. The molecule has 2 aliphatic rings. The number of pyridine rings is 1. The van der Waals surface area contributed by atoms with E-state index in [-0.39, 0.29) is 11.9 Å². The number of carbonyl (C=O) groups is 1. The van der Waals surface area contributed by atoms with Gasteiger partial charge in [-0.05, 0) is 32.3 Å². The van der Waals surface area contributed by atoms with E-state index in [0.717, 1.165) is 13.0 Å². The summed E-state index contributed by atoms with van der Waals surface area (Å²) in [4.78, 5) is 23.7. The van der Waals surface area contributed by atoms with Crippen molar-refractivity contribution in [3.05, 3.63) is 35.4 Å². The van der Waals surface area contributed by atoms with Crippen molar-refractivity contribution in [2.75, 3.05) is 27.3 Å². The zero-order valence-corrected chi connectivity index (χ0v) is 15.4. The fourth-order valence-corrected chi connectivity index (χ4v) is 3.75. The Morgan fingerprint density at radius 1 is 1.19 bits per heavy atom. The van der Waals surface area contributed by atoms with Crippen LogP contribution < -0.4 is 9.47 Å². The summed E-state index contributed by atoms with van der Waals surface area (Å²) < 4.78 is 12.7. The molecule has 1 aliphatic carbocycles. The predicted octanol–water partition coefficient (Wildman–Crippen LogP) is 2.57. The third kappa shape index (κ3) is 2.91. The van der Waals surface area contributed by atoms with Crippen molar-refractivity contribution >= 4 is 5.91 Å². The number of hydrogen-bond donors (Lipinski definition) is 0. The van der Waals surface area contributed by atoms with Crippen LogP contribution in [0.2, 0.25) is 0 Å². The van der Waals surface area contributed by atoms with Gasteiger partial charge in [-0.1, -0.05) is 0 Å². The molecule has 1 atom stereocenters. The van der Waals surface area contributed by atoms with Crippen molar-refractivity contribution in [3.63, 3.8) is 0 Å². The highest BCUT2D eigenvalue weighted by Crippen LogP contribution is 2.41. The largest absolute Gasteiger partial charge is 0.481 e. The number of amides is 1. The van der Waals surface area contributed by atoms with Crippen molar-refractivity contribution in [2.24, 2.45) is 0 Å². The zero-order chi connectivity index (χ0) is 18.3. The zero-order valence-electron chi connectivity index (χ0n) is 15.4. The van der Waals surface area contributed by atoms with Crippen molar-refractivity contribution in [3.8, 4) is 11.8 Å². The number of rotatable bonds is 5. The average Bonchev–Trinajstić information content (AvgIpc) is 3.27. The Morgan fingerprint density at radius 3 is 2.69 bits per heavy atom. The number of nitrogens with zero attached hydrogens (tertiary/aromatic N) is 4. The highest BCUT2D eigenvalue weighted by atomic mass is 16.5. The maximum Gasteiger partial charge on any atom is 0.259 e. The van der Waals surface area contributed by atoms with Crippen LogP contribution in [0.5, 0.6) is 11.8 Å². The number of carbonyl (C=O) groups excluding carboxylic acids is 1. The molecule has 0 radical (unpaired) electrons. The number of likely N-dealkylation sites (tertiary alicyclic amines) is 1. The molecule has 0 aromatic carbocycles. The SMILES string of the molecule is COc1ccc(C(=O)N2CCC(n3c(C)cnc3C3CC3)C2)c(OC)n1. The van der Waals surface area contributed by atoms with Crippen LogP contribution in [0.25, 0.3) is 0 Å². The highest BCUT2D eigenvalue weighted by molar-refractivity contribution is 5.96. The summed E-state index contributed by atoms with van der Waals surface area (Å²) in [6.45, 7) is 3.51. The first-order valence-electron chi connectivity index (χ1n) is 9.04. The molecule has 1 saturated heterocycles. The van der Waals surface area contributed by atoms with E-state index in [0.29, 0.717) is 29.8 Å². The summed E-state index contributed by atoms with van der Waals surface area (Å²) in [6, 6.07) is 3.70. The number of imidazole rings is 1. The molecule has 0 N–H and O–H groups in total. The van der Waals surface area contributed by atoms with Crippen molar-refractivity contribution in [1.29, 1.82) is 0 Å². The molecule has 2 fully saturated rings. The monoisotopic (exact) mass is 356 g/mol. The van der Waals surface area contributed by atoms with E-state index in [1.807, 2.05) is 11.1 Å². The molecular formula is C19H24N4O3. The van der Waals surface area contributed by atoms with Gasteiger partial charge in [0.2, 0.25) is 11.8 Å². The summed E-state index contributed by atoms with van der Waals surface area (Å²) >= 11 is 0.